The quantitative estimate of drug-likeness (QED) is 0.208. The molecule has 2 saturated carbocycles. The number of nitrogens with one attached hydrogen (secondary N) is 2. The van der Waals surface area contributed by atoms with Crippen molar-refractivity contribution in [2.24, 2.45) is 29.6 Å². The molecule has 2 rings (SSSR count). The van der Waals surface area contributed by atoms with Crippen LogP contribution in [0.15, 0.2) is 0 Å². The molecule has 2 fully saturated rings. The largest absolute Gasteiger partial charge is 0.390 e. The Morgan fingerprint density at radius 2 is 1.55 bits per heavy atom. The lowest BCUT2D eigenvalue weighted by Crippen LogP contribution is -2.54. The lowest BCUT2D eigenvalue weighted by Gasteiger charge is -2.37. The molecule has 0 aliphatic heterocycles. The Morgan fingerprint density at radius 3 is 2.10 bits per heavy atom. The van der Waals surface area contributed by atoms with Gasteiger partial charge in [-0.2, -0.15) is 0 Å². The number of amides is 3. The van der Waals surface area contributed by atoms with Gasteiger partial charge in [0.2, 0.25) is 17.7 Å². The van der Waals surface area contributed by atoms with Crippen LogP contribution in [0.2, 0.25) is 0 Å². The second-order valence-electron chi connectivity index (χ2n) is 12.7. The Hall–Kier alpha value is -2.25. The molecule has 0 aromatic carbocycles. The summed E-state index contributed by atoms with van der Waals surface area (Å²) in [5.74, 6) is 4.20. The number of hydrogen-bond donors (Lipinski definition) is 3. The second-order valence-corrected chi connectivity index (χ2v) is 12.7. The normalized spacial score (nSPS) is 27.5. The summed E-state index contributed by atoms with van der Waals surface area (Å²) in [5.41, 5.74) is 2.71. The van der Waals surface area contributed by atoms with Crippen LogP contribution in [0.4, 0.5) is 8.78 Å². The molecule has 2 aliphatic rings. The zero-order chi connectivity index (χ0) is 31.4. The van der Waals surface area contributed by atoms with Crippen molar-refractivity contribution in [1.29, 1.82) is 0 Å². The summed E-state index contributed by atoms with van der Waals surface area (Å²) in [6, 6.07) is -0.776. The van der Waals surface area contributed by atoms with Gasteiger partial charge in [0.1, 0.15) is 12.3 Å². The molecule has 0 heterocycles. The van der Waals surface area contributed by atoms with E-state index in [1.54, 1.807) is 27.8 Å². The van der Waals surface area contributed by atoms with Gasteiger partial charge >= 0.3 is 0 Å². The number of hydrogen-bond acceptors (Lipinski definition) is 5. The minimum Gasteiger partial charge on any atom is -0.390 e. The molecule has 3 amide bonds. The molecule has 10 heteroatoms. The third-order valence-electron chi connectivity index (χ3n) is 8.43. The van der Waals surface area contributed by atoms with E-state index in [4.69, 9.17) is 0 Å². The Morgan fingerprint density at radius 1 is 0.952 bits per heavy atom. The maximum Gasteiger partial charge on any atom is 0.236 e. The van der Waals surface area contributed by atoms with Gasteiger partial charge in [-0.05, 0) is 64.2 Å². The molecule has 7 atom stereocenters. The number of halogens is 2. The second kappa shape index (κ2) is 17.8. The van der Waals surface area contributed by atoms with Crippen molar-refractivity contribution in [3.8, 4) is 11.8 Å². The molecule has 0 aromatic heterocycles. The zero-order valence-electron chi connectivity index (χ0n) is 26.5. The van der Waals surface area contributed by atoms with Crippen LogP contribution >= 0.6 is 0 Å². The smallest absolute Gasteiger partial charge is 0.236 e. The van der Waals surface area contributed by atoms with Gasteiger partial charge in [-0.25, -0.2) is 13.8 Å². The van der Waals surface area contributed by atoms with Crippen molar-refractivity contribution in [3.05, 3.63) is 0 Å². The van der Waals surface area contributed by atoms with Gasteiger partial charge in [0.25, 0.3) is 0 Å². The molecule has 8 nitrogen and oxygen atoms in total. The number of aliphatic hydroxyl groups is 1. The fourth-order valence-electron chi connectivity index (χ4n) is 6.41. The van der Waals surface area contributed by atoms with E-state index < -0.39 is 30.4 Å². The van der Waals surface area contributed by atoms with E-state index in [9.17, 15) is 28.3 Å². The van der Waals surface area contributed by atoms with E-state index >= 15 is 0 Å². The van der Waals surface area contributed by atoms with Crippen molar-refractivity contribution in [2.45, 2.75) is 117 Å². The number of carbonyl (C=O) groups excluding carboxylic acids is 3. The highest BCUT2D eigenvalue weighted by atomic mass is 19.1. The van der Waals surface area contributed by atoms with Crippen LogP contribution in [0.3, 0.4) is 0 Å². The molecular formula is C32H54F2N4O4. The predicted molar refractivity (Wildman–Crippen MR) is 160 cm³/mol. The topological polar surface area (TPSA) is 102 Å². The first-order chi connectivity index (χ1) is 19.9. The molecule has 0 aromatic rings. The van der Waals surface area contributed by atoms with Gasteiger partial charge in [-0.15, -0.1) is 11.8 Å². The highest BCUT2D eigenvalue weighted by Crippen LogP contribution is 2.36. The summed E-state index contributed by atoms with van der Waals surface area (Å²) in [6.07, 6.45) is 0.0636. The van der Waals surface area contributed by atoms with Crippen molar-refractivity contribution in [2.75, 3.05) is 26.7 Å². The van der Waals surface area contributed by atoms with Gasteiger partial charge in [0, 0.05) is 56.8 Å². The van der Waals surface area contributed by atoms with Crippen LogP contribution in [0, 0.1) is 41.4 Å². The van der Waals surface area contributed by atoms with Crippen molar-refractivity contribution >= 4 is 17.7 Å². The van der Waals surface area contributed by atoms with E-state index in [0.29, 0.717) is 32.4 Å². The lowest BCUT2D eigenvalue weighted by atomic mass is 9.74. The number of aliphatic hydroxyl groups excluding tert-OH is 1. The number of alkyl halides is 2. The minimum absolute atomic E-state index is 0.0208. The Kier molecular flexibility index (Phi) is 15.2. The molecule has 2 aliphatic carbocycles. The number of likely N-dealkylation sites (N-methyl/N-ethyl adjacent to an activating group) is 1. The van der Waals surface area contributed by atoms with E-state index in [2.05, 4.69) is 22.6 Å². The van der Waals surface area contributed by atoms with Gasteiger partial charge in [-0.3, -0.25) is 19.8 Å². The van der Waals surface area contributed by atoms with Crippen LogP contribution in [-0.2, 0) is 14.4 Å². The fourth-order valence-corrected chi connectivity index (χ4v) is 6.41. The van der Waals surface area contributed by atoms with Crippen LogP contribution in [0.25, 0.3) is 0 Å². The Balaban J connectivity index is 2.22. The summed E-state index contributed by atoms with van der Waals surface area (Å²) in [7, 11) is 1.63. The molecule has 0 saturated heterocycles. The standard InChI is InChI=1S/C32H54F2N4O4/c1-7-10-22-13-24(18-25(14-22)32(42)38(11-8-2)12-9-3)31(41)35-28(17-23-15-26(33)19-27(34)16-23)29(39)20-37(6)36-30(40)21(4)5/h21-29,39H,8-9,11-20H2,1-6H3,(H,35,41)(H,36,40). The van der Waals surface area contributed by atoms with E-state index in [0.717, 1.165) is 12.8 Å². The van der Waals surface area contributed by atoms with E-state index in [-0.39, 0.29) is 73.6 Å². The molecule has 240 valence electrons. The Labute approximate surface area is 251 Å². The van der Waals surface area contributed by atoms with E-state index in [1.165, 1.54) is 5.01 Å². The number of rotatable bonds is 14. The van der Waals surface area contributed by atoms with Crippen molar-refractivity contribution in [3.63, 3.8) is 0 Å². The van der Waals surface area contributed by atoms with Gasteiger partial charge in [-0.1, -0.05) is 27.7 Å². The number of carbonyl (C=O) groups is 3. The lowest BCUT2D eigenvalue weighted by molar-refractivity contribution is -0.139. The minimum atomic E-state index is -1.26. The highest BCUT2D eigenvalue weighted by molar-refractivity contribution is 5.83. The summed E-state index contributed by atoms with van der Waals surface area (Å²) in [5, 5.41) is 15.7. The molecule has 7 unspecified atom stereocenters. The van der Waals surface area contributed by atoms with Crippen LogP contribution < -0.4 is 10.7 Å². The first-order valence-corrected chi connectivity index (χ1v) is 15.9. The number of hydrazine groups is 1. The molecule has 0 bridgehead atoms. The van der Waals surface area contributed by atoms with Crippen LogP contribution in [0.5, 0.6) is 0 Å². The maximum absolute atomic E-state index is 14.2. The summed E-state index contributed by atoms with van der Waals surface area (Å²) in [4.78, 5) is 41.3. The van der Waals surface area contributed by atoms with Gasteiger partial charge in [0.15, 0.2) is 0 Å². The van der Waals surface area contributed by atoms with Crippen molar-refractivity contribution in [1.82, 2.24) is 20.7 Å². The third kappa shape index (κ3) is 11.4. The van der Waals surface area contributed by atoms with Crippen molar-refractivity contribution < 1.29 is 28.3 Å². The average molecular weight is 597 g/mol. The van der Waals surface area contributed by atoms with Gasteiger partial charge < -0.3 is 15.3 Å². The fraction of sp³-hybridized carbons (Fsp3) is 0.844. The molecular weight excluding hydrogens is 542 g/mol. The SMILES string of the molecule is CC#CC1CC(C(=O)NC(CC2CC(F)CC(F)C2)C(O)CN(C)NC(=O)C(C)C)CC(C(=O)N(CCC)CCC)C1. The van der Waals surface area contributed by atoms with Crippen LogP contribution in [0.1, 0.15) is 92.4 Å². The summed E-state index contributed by atoms with van der Waals surface area (Å²) < 4.78 is 28.5. The summed E-state index contributed by atoms with van der Waals surface area (Å²) >= 11 is 0. The third-order valence-corrected chi connectivity index (χ3v) is 8.43. The molecule has 0 radical (unpaired) electrons. The predicted octanol–water partition coefficient (Wildman–Crippen LogP) is 4.02. The molecule has 3 N–H and O–H groups in total. The highest BCUT2D eigenvalue weighted by Gasteiger charge is 2.39. The van der Waals surface area contributed by atoms with Crippen LogP contribution in [-0.4, -0.2) is 83.9 Å². The first-order valence-electron chi connectivity index (χ1n) is 15.9. The average Bonchev–Trinajstić information content (AvgIpc) is 2.91. The van der Waals surface area contributed by atoms with Gasteiger partial charge in [0.05, 0.1) is 12.1 Å². The first kappa shape index (κ1) is 35.9. The maximum atomic E-state index is 14.2. The molecule has 42 heavy (non-hydrogen) atoms. The summed E-state index contributed by atoms with van der Waals surface area (Å²) in [6.45, 7) is 10.7. The Bertz CT molecular complexity index is 923. The number of nitrogens with zero attached hydrogens (tertiary/aromatic N) is 2. The monoisotopic (exact) mass is 596 g/mol. The molecule has 0 spiro atoms. The zero-order valence-corrected chi connectivity index (χ0v) is 26.5. The van der Waals surface area contributed by atoms with E-state index in [1.807, 2.05) is 18.7 Å².